The number of ketones is 1. The zero-order valence-corrected chi connectivity index (χ0v) is 21.5. The Morgan fingerprint density at radius 3 is 2.53 bits per heavy atom. The van der Waals surface area contributed by atoms with Crippen LogP contribution in [0, 0.1) is 5.82 Å². The highest BCUT2D eigenvalue weighted by atomic mass is 32.2. The molecule has 192 valence electrons. The molecule has 8 nitrogen and oxygen atoms in total. The minimum atomic E-state index is -1.10. The molecule has 5 rings (SSSR count). The molecular formula is C27H20FN3O5S2. The van der Waals surface area contributed by atoms with Crippen molar-refractivity contribution in [3.05, 3.63) is 101 Å². The molecular weight excluding hydrogens is 529 g/mol. The minimum Gasteiger partial charge on any atom is -0.507 e. The number of anilines is 1. The molecule has 1 aromatic heterocycles. The second kappa shape index (κ2) is 10.6. The van der Waals surface area contributed by atoms with Crippen LogP contribution in [0.5, 0.6) is 11.5 Å². The lowest BCUT2D eigenvalue weighted by Gasteiger charge is -2.23. The number of methoxy groups -OCH3 is 1. The highest BCUT2D eigenvalue weighted by Gasteiger charge is 2.48. The number of ether oxygens (including phenoxy) is 1. The summed E-state index contributed by atoms with van der Waals surface area (Å²) in [6, 6.07) is 18.0. The Hall–Kier alpha value is -4.22. The number of Topliss-reactive ketones (excluding diaryl/α,β-unsaturated/α-hetero) is 1. The number of aliphatic hydroxyl groups excluding tert-OH is 1. The smallest absolute Gasteiger partial charge is 0.301 e. The van der Waals surface area contributed by atoms with Gasteiger partial charge in [0, 0.05) is 11.3 Å². The van der Waals surface area contributed by atoms with Crippen LogP contribution in [0.4, 0.5) is 9.52 Å². The van der Waals surface area contributed by atoms with Crippen molar-refractivity contribution in [2.45, 2.75) is 16.1 Å². The number of hydrogen-bond acceptors (Lipinski definition) is 9. The molecule has 1 fully saturated rings. The molecule has 0 bridgehead atoms. The Bertz CT molecular complexity index is 1540. The summed E-state index contributed by atoms with van der Waals surface area (Å²) in [5, 5.41) is 29.8. The summed E-state index contributed by atoms with van der Waals surface area (Å²) in [6.45, 7) is 0. The number of amides is 1. The molecule has 1 aliphatic rings. The number of aromatic hydroxyl groups is 1. The summed E-state index contributed by atoms with van der Waals surface area (Å²) in [7, 11) is 1.37. The van der Waals surface area contributed by atoms with E-state index in [1.807, 2.05) is 30.3 Å². The summed E-state index contributed by atoms with van der Waals surface area (Å²) in [6.07, 6.45) is 0. The van der Waals surface area contributed by atoms with Crippen LogP contribution in [0.25, 0.3) is 5.76 Å². The van der Waals surface area contributed by atoms with Gasteiger partial charge in [-0.2, -0.15) is 0 Å². The number of benzene rings is 3. The first-order valence-electron chi connectivity index (χ1n) is 11.3. The quantitative estimate of drug-likeness (QED) is 0.105. The van der Waals surface area contributed by atoms with E-state index < -0.39 is 29.3 Å². The lowest BCUT2D eigenvalue weighted by atomic mass is 9.95. The lowest BCUT2D eigenvalue weighted by molar-refractivity contribution is -0.132. The maximum absolute atomic E-state index is 13.5. The van der Waals surface area contributed by atoms with E-state index in [-0.39, 0.29) is 27.8 Å². The molecule has 2 N–H and O–H groups in total. The van der Waals surface area contributed by atoms with Crippen molar-refractivity contribution in [2.75, 3.05) is 12.0 Å². The van der Waals surface area contributed by atoms with Gasteiger partial charge in [-0.05, 0) is 47.5 Å². The van der Waals surface area contributed by atoms with Crippen molar-refractivity contribution in [3.63, 3.8) is 0 Å². The van der Waals surface area contributed by atoms with Gasteiger partial charge in [0.2, 0.25) is 5.13 Å². The molecule has 3 aromatic carbocycles. The molecule has 1 unspecified atom stereocenters. The number of phenolic OH excluding ortho intramolecular Hbond substituents is 1. The van der Waals surface area contributed by atoms with Gasteiger partial charge in [-0.15, -0.1) is 10.2 Å². The van der Waals surface area contributed by atoms with E-state index in [9.17, 15) is 24.2 Å². The van der Waals surface area contributed by atoms with Crippen molar-refractivity contribution in [1.29, 1.82) is 0 Å². The normalized spacial score (nSPS) is 16.7. The Morgan fingerprint density at radius 2 is 1.82 bits per heavy atom. The van der Waals surface area contributed by atoms with Gasteiger partial charge in [-0.3, -0.25) is 14.5 Å². The predicted octanol–water partition coefficient (Wildman–Crippen LogP) is 5.31. The second-order valence-electron chi connectivity index (χ2n) is 8.23. The average molecular weight is 550 g/mol. The predicted molar refractivity (Wildman–Crippen MR) is 142 cm³/mol. The molecule has 1 amide bonds. The van der Waals surface area contributed by atoms with Crippen LogP contribution in [0.15, 0.2) is 82.7 Å². The third-order valence-corrected chi connectivity index (χ3v) is 8.02. The molecule has 1 aliphatic heterocycles. The largest absolute Gasteiger partial charge is 0.507 e. The van der Waals surface area contributed by atoms with Gasteiger partial charge in [-0.1, -0.05) is 59.5 Å². The molecule has 2 heterocycles. The Morgan fingerprint density at radius 1 is 1.08 bits per heavy atom. The Labute approximate surface area is 225 Å². The topological polar surface area (TPSA) is 113 Å². The van der Waals surface area contributed by atoms with E-state index >= 15 is 0 Å². The minimum absolute atomic E-state index is 0.117. The molecule has 0 aliphatic carbocycles. The van der Waals surface area contributed by atoms with Crippen molar-refractivity contribution < 1.29 is 28.9 Å². The molecule has 38 heavy (non-hydrogen) atoms. The summed E-state index contributed by atoms with van der Waals surface area (Å²) in [5.41, 5.74) is 1.43. The fourth-order valence-electron chi connectivity index (χ4n) is 4.05. The van der Waals surface area contributed by atoms with E-state index in [1.54, 1.807) is 0 Å². The number of phenols is 1. The molecule has 0 saturated carbocycles. The van der Waals surface area contributed by atoms with Gasteiger partial charge in [-0.25, -0.2) is 4.39 Å². The van der Waals surface area contributed by atoms with E-state index in [2.05, 4.69) is 10.2 Å². The number of carbonyl (C=O) groups is 2. The summed E-state index contributed by atoms with van der Waals surface area (Å²) in [5.74, 6) is -2.20. The number of rotatable bonds is 7. The second-order valence-corrected chi connectivity index (χ2v) is 10.4. The van der Waals surface area contributed by atoms with Gasteiger partial charge in [0.05, 0.1) is 18.7 Å². The van der Waals surface area contributed by atoms with Crippen molar-refractivity contribution >= 4 is 45.7 Å². The first-order valence-corrected chi connectivity index (χ1v) is 13.1. The molecule has 11 heteroatoms. The van der Waals surface area contributed by atoms with Gasteiger partial charge in [0.1, 0.15) is 11.6 Å². The molecule has 1 atom stereocenters. The van der Waals surface area contributed by atoms with Crippen molar-refractivity contribution in [3.8, 4) is 11.5 Å². The number of thioether (sulfide) groups is 1. The molecule has 0 radical (unpaired) electrons. The zero-order chi connectivity index (χ0) is 26.8. The maximum atomic E-state index is 13.5. The van der Waals surface area contributed by atoms with Gasteiger partial charge >= 0.3 is 5.91 Å². The van der Waals surface area contributed by atoms with E-state index in [1.165, 1.54) is 54.1 Å². The van der Waals surface area contributed by atoms with Gasteiger partial charge in [0.25, 0.3) is 5.78 Å². The summed E-state index contributed by atoms with van der Waals surface area (Å²) >= 11 is 2.57. The average Bonchev–Trinajstić information content (AvgIpc) is 3.50. The van der Waals surface area contributed by atoms with Crippen LogP contribution in [0.3, 0.4) is 0 Å². The van der Waals surface area contributed by atoms with Gasteiger partial charge in [0.15, 0.2) is 15.8 Å². The number of nitrogens with zero attached hydrogens (tertiary/aromatic N) is 3. The number of carbonyl (C=O) groups excluding carboxylic acids is 2. The highest BCUT2D eigenvalue weighted by Crippen LogP contribution is 2.45. The molecule has 4 aromatic rings. The maximum Gasteiger partial charge on any atom is 0.301 e. The molecule has 0 spiro atoms. The highest BCUT2D eigenvalue weighted by molar-refractivity contribution is 8.00. The van der Waals surface area contributed by atoms with E-state index in [4.69, 9.17) is 4.74 Å². The van der Waals surface area contributed by atoms with Gasteiger partial charge < -0.3 is 14.9 Å². The van der Waals surface area contributed by atoms with Crippen molar-refractivity contribution in [2.24, 2.45) is 0 Å². The van der Waals surface area contributed by atoms with Crippen LogP contribution < -0.4 is 9.64 Å². The summed E-state index contributed by atoms with van der Waals surface area (Å²) in [4.78, 5) is 27.8. The number of aromatic nitrogens is 2. The first-order chi connectivity index (χ1) is 18.4. The van der Waals surface area contributed by atoms with E-state index in [0.717, 1.165) is 29.0 Å². The van der Waals surface area contributed by atoms with Crippen LogP contribution in [0.2, 0.25) is 0 Å². The SMILES string of the molecule is COc1cc(C2/C(=C(/O)c3ccc(F)cc3)C(=O)C(=O)N2c2nnc(SCc3ccccc3)s2)ccc1O. The Kier molecular flexibility index (Phi) is 7.12. The number of hydrogen-bond donors (Lipinski definition) is 2. The number of halogens is 1. The van der Waals surface area contributed by atoms with Crippen LogP contribution >= 0.6 is 23.1 Å². The zero-order valence-electron chi connectivity index (χ0n) is 19.9. The van der Waals surface area contributed by atoms with Crippen LogP contribution in [-0.4, -0.2) is 39.2 Å². The lowest BCUT2D eigenvalue weighted by Crippen LogP contribution is -2.29. The van der Waals surface area contributed by atoms with Crippen LogP contribution in [-0.2, 0) is 15.3 Å². The van der Waals surface area contributed by atoms with Crippen LogP contribution in [0.1, 0.15) is 22.7 Å². The standard InChI is InChI=1S/C27H20FN3O5S2/c1-36-20-13-17(9-12-19(20)32)22-21(23(33)16-7-10-18(28)11-8-16)24(34)25(35)31(22)26-29-30-27(38-26)37-14-15-5-3-2-4-6-15/h2-13,22,32-33H,14H2,1H3/b23-21-. The Balaban J connectivity index is 1.58. The molecule has 1 saturated heterocycles. The third-order valence-electron chi connectivity index (χ3n) is 5.89. The fourth-order valence-corrected chi connectivity index (χ4v) is 5.87. The summed E-state index contributed by atoms with van der Waals surface area (Å²) < 4.78 is 19.3. The fraction of sp³-hybridized carbons (Fsp3) is 0.111. The van der Waals surface area contributed by atoms with E-state index in [0.29, 0.717) is 15.7 Å². The first kappa shape index (κ1) is 25.4. The number of aliphatic hydroxyl groups is 1. The monoisotopic (exact) mass is 549 g/mol. The van der Waals surface area contributed by atoms with Crippen molar-refractivity contribution in [1.82, 2.24) is 10.2 Å². The third kappa shape index (κ3) is 4.85.